The highest BCUT2D eigenvalue weighted by Crippen LogP contribution is 2.21. The molecule has 17 heavy (non-hydrogen) atoms. The third kappa shape index (κ3) is 4.03. The maximum Gasteiger partial charge on any atom is 0.158 e. The van der Waals surface area contributed by atoms with Gasteiger partial charge in [0.25, 0.3) is 0 Å². The van der Waals surface area contributed by atoms with Gasteiger partial charge in [0, 0.05) is 18.8 Å². The predicted octanol–water partition coefficient (Wildman–Crippen LogP) is 1.96. The molecular weight excluding hydrogens is 232 g/mol. The van der Waals surface area contributed by atoms with Gasteiger partial charge in [-0.3, -0.25) is 5.41 Å². The van der Waals surface area contributed by atoms with Gasteiger partial charge in [-0.05, 0) is 30.0 Å². The summed E-state index contributed by atoms with van der Waals surface area (Å²) in [7, 11) is 1.91. The van der Waals surface area contributed by atoms with Crippen LogP contribution >= 0.6 is 11.8 Å². The first kappa shape index (κ1) is 14.0. The molecule has 0 aliphatic carbocycles. The van der Waals surface area contributed by atoms with Gasteiger partial charge in [-0.15, -0.1) is 0 Å². The van der Waals surface area contributed by atoms with E-state index < -0.39 is 0 Å². The number of nitrogens with one attached hydrogen (secondary N) is 3. The largest absolute Gasteiger partial charge is 0.335 e. The fourth-order valence-electron chi connectivity index (χ4n) is 1.65. The van der Waals surface area contributed by atoms with E-state index in [4.69, 9.17) is 11.1 Å². The molecule has 0 amide bonds. The van der Waals surface area contributed by atoms with Gasteiger partial charge in [0.1, 0.15) is 0 Å². The van der Waals surface area contributed by atoms with Crippen molar-refractivity contribution in [3.63, 3.8) is 0 Å². The third-order valence-electron chi connectivity index (χ3n) is 2.38. The van der Waals surface area contributed by atoms with Gasteiger partial charge in [-0.25, -0.2) is 0 Å². The Kier molecular flexibility index (Phi) is 6.04. The summed E-state index contributed by atoms with van der Waals surface area (Å²) < 4.78 is 0. The molecule has 1 aromatic carbocycles. The Bertz CT molecular complexity index is 379. The van der Waals surface area contributed by atoms with E-state index in [-0.39, 0.29) is 0 Å². The zero-order valence-electron chi connectivity index (χ0n) is 10.3. The third-order valence-corrected chi connectivity index (χ3v) is 3.06. The van der Waals surface area contributed by atoms with Crippen LogP contribution in [0.15, 0.2) is 18.2 Å². The number of benzene rings is 1. The lowest BCUT2D eigenvalue weighted by molar-refractivity contribution is 0.804. The monoisotopic (exact) mass is 252 g/mol. The van der Waals surface area contributed by atoms with Gasteiger partial charge in [0.2, 0.25) is 0 Å². The maximum absolute atomic E-state index is 7.77. The van der Waals surface area contributed by atoms with E-state index in [0.717, 1.165) is 23.5 Å². The molecule has 0 spiro atoms. The normalized spacial score (nSPS) is 10.3. The molecule has 5 N–H and O–H groups in total. The van der Waals surface area contributed by atoms with Crippen molar-refractivity contribution in [2.45, 2.75) is 20.0 Å². The minimum atomic E-state index is 0.462. The number of rotatable bonds is 5. The zero-order valence-corrected chi connectivity index (χ0v) is 11.2. The Morgan fingerprint density at radius 2 is 2.24 bits per heavy atom. The first-order valence-electron chi connectivity index (χ1n) is 5.66. The molecule has 4 nitrogen and oxygen atoms in total. The van der Waals surface area contributed by atoms with Gasteiger partial charge in [0.05, 0.1) is 0 Å². The summed E-state index contributed by atoms with van der Waals surface area (Å²) in [5.41, 5.74) is 8.97. The van der Waals surface area contributed by atoms with E-state index in [1.165, 1.54) is 17.3 Å². The lowest BCUT2D eigenvalue weighted by Crippen LogP contribution is -2.14. The van der Waals surface area contributed by atoms with Crippen molar-refractivity contribution in [3.05, 3.63) is 29.3 Å². The van der Waals surface area contributed by atoms with Gasteiger partial charge in [-0.2, -0.15) is 0 Å². The molecule has 0 heterocycles. The molecule has 0 atom stereocenters. The minimum absolute atomic E-state index is 0.462. The van der Waals surface area contributed by atoms with Crippen LogP contribution in [0.25, 0.3) is 0 Å². The van der Waals surface area contributed by atoms with Crippen molar-refractivity contribution in [2.75, 3.05) is 18.1 Å². The van der Waals surface area contributed by atoms with Crippen LogP contribution in [0.3, 0.4) is 0 Å². The number of hydrogen-bond donors (Lipinski definition) is 4. The van der Waals surface area contributed by atoms with Crippen molar-refractivity contribution in [1.29, 1.82) is 5.41 Å². The van der Waals surface area contributed by atoms with Crippen LogP contribution in [0.4, 0.5) is 5.69 Å². The Balaban J connectivity index is 2.90. The number of thioether (sulfide) groups is 1. The fourth-order valence-corrected chi connectivity index (χ4v) is 2.12. The molecule has 1 aromatic rings. The lowest BCUT2D eigenvalue weighted by atomic mass is 10.1. The van der Waals surface area contributed by atoms with Crippen molar-refractivity contribution in [2.24, 2.45) is 5.73 Å². The minimum Gasteiger partial charge on any atom is -0.335 e. The highest BCUT2D eigenvalue weighted by atomic mass is 32.2. The summed E-state index contributed by atoms with van der Waals surface area (Å²) in [6.45, 7) is 3.29. The number of amidine groups is 1. The molecule has 0 bridgehead atoms. The molecule has 5 heteroatoms. The smallest absolute Gasteiger partial charge is 0.158 e. The second kappa shape index (κ2) is 7.32. The second-order valence-electron chi connectivity index (χ2n) is 3.56. The molecule has 0 aliphatic heterocycles. The van der Waals surface area contributed by atoms with Crippen molar-refractivity contribution in [1.82, 2.24) is 5.32 Å². The second-order valence-corrected chi connectivity index (χ2v) is 4.84. The van der Waals surface area contributed by atoms with Crippen LogP contribution in [-0.2, 0) is 13.1 Å². The average Bonchev–Trinajstić information content (AvgIpc) is 2.30. The Labute approximate surface area is 107 Å². The molecule has 0 saturated carbocycles. The molecule has 0 aromatic heterocycles. The summed E-state index contributed by atoms with van der Waals surface area (Å²) >= 11 is 1.48. The Morgan fingerprint density at radius 3 is 2.82 bits per heavy atom. The Morgan fingerprint density at radius 1 is 1.47 bits per heavy atom. The summed E-state index contributed by atoms with van der Waals surface area (Å²) in [5, 5.41) is 14.4. The van der Waals surface area contributed by atoms with Crippen LogP contribution in [0.2, 0.25) is 0 Å². The molecule has 94 valence electrons. The number of nitrogens with two attached hydrogens (primary N) is 1. The predicted molar refractivity (Wildman–Crippen MR) is 76.6 cm³/mol. The van der Waals surface area contributed by atoms with Crippen LogP contribution < -0.4 is 16.4 Å². The van der Waals surface area contributed by atoms with E-state index in [1.54, 1.807) is 0 Å². The maximum atomic E-state index is 7.77. The molecule has 1 rings (SSSR count). The zero-order chi connectivity index (χ0) is 12.7. The molecule has 0 radical (unpaired) electrons. The summed E-state index contributed by atoms with van der Waals surface area (Å²) in [4.78, 5) is 0. The van der Waals surface area contributed by atoms with E-state index in [0.29, 0.717) is 11.7 Å². The fraction of sp³-hybridized carbons (Fsp3) is 0.417. The quantitative estimate of drug-likeness (QED) is 0.477. The van der Waals surface area contributed by atoms with Gasteiger partial charge in [0.15, 0.2) is 5.17 Å². The molecule has 0 fully saturated rings. The first-order valence-corrected chi connectivity index (χ1v) is 6.65. The average molecular weight is 252 g/mol. The van der Waals surface area contributed by atoms with Crippen LogP contribution in [0.1, 0.15) is 18.1 Å². The highest BCUT2D eigenvalue weighted by molar-refractivity contribution is 8.14. The van der Waals surface area contributed by atoms with E-state index >= 15 is 0 Å². The molecular formula is C12H20N4S. The topological polar surface area (TPSA) is 73.9 Å². The van der Waals surface area contributed by atoms with E-state index in [9.17, 15) is 0 Å². The standard InChI is InChI=1S/C12H20N4S/c1-3-17-12(14)16-11-6-4-5-9(8-15-2)10(11)7-13/h4-6,15H,3,7-8,13H2,1-2H3,(H2,14,16). The van der Waals surface area contributed by atoms with E-state index in [1.807, 2.05) is 26.1 Å². The van der Waals surface area contributed by atoms with Crippen molar-refractivity contribution >= 4 is 22.6 Å². The summed E-state index contributed by atoms with van der Waals surface area (Å²) in [5.74, 6) is 0.889. The summed E-state index contributed by atoms with van der Waals surface area (Å²) in [6, 6.07) is 6.00. The van der Waals surface area contributed by atoms with E-state index in [2.05, 4.69) is 16.7 Å². The molecule has 0 unspecified atom stereocenters. The SMILES string of the molecule is CCSC(=N)Nc1cccc(CNC)c1CN. The Hall–Kier alpha value is -1.04. The first-order chi connectivity index (χ1) is 8.22. The summed E-state index contributed by atoms with van der Waals surface area (Å²) in [6.07, 6.45) is 0. The van der Waals surface area contributed by atoms with Crippen molar-refractivity contribution in [3.8, 4) is 0 Å². The highest BCUT2D eigenvalue weighted by Gasteiger charge is 2.07. The van der Waals surface area contributed by atoms with Gasteiger partial charge in [-0.1, -0.05) is 30.8 Å². The lowest BCUT2D eigenvalue weighted by Gasteiger charge is -2.15. The molecule has 0 aliphatic rings. The van der Waals surface area contributed by atoms with Crippen LogP contribution in [0.5, 0.6) is 0 Å². The van der Waals surface area contributed by atoms with Crippen LogP contribution in [-0.4, -0.2) is 18.0 Å². The molecule has 0 saturated heterocycles. The van der Waals surface area contributed by atoms with Crippen molar-refractivity contribution < 1.29 is 0 Å². The number of anilines is 1. The number of hydrogen-bond acceptors (Lipinski definition) is 4. The van der Waals surface area contributed by atoms with Gasteiger partial charge < -0.3 is 16.4 Å². The van der Waals surface area contributed by atoms with Gasteiger partial charge >= 0.3 is 0 Å². The van der Waals surface area contributed by atoms with Crippen LogP contribution in [0, 0.1) is 5.41 Å².